The average molecular weight is 482 g/mol. The molecule has 1 aliphatic heterocycles. The number of anilines is 1. The van der Waals surface area contributed by atoms with E-state index in [0.29, 0.717) is 17.9 Å². The highest BCUT2D eigenvalue weighted by Crippen LogP contribution is 2.41. The van der Waals surface area contributed by atoms with E-state index in [2.05, 4.69) is 15.0 Å². The fourth-order valence-electron chi connectivity index (χ4n) is 4.23. The van der Waals surface area contributed by atoms with E-state index in [4.69, 9.17) is 4.74 Å². The van der Waals surface area contributed by atoms with Crippen LogP contribution in [0.2, 0.25) is 0 Å². The molecule has 2 heterocycles. The number of amides is 2. The summed E-state index contributed by atoms with van der Waals surface area (Å²) in [5.74, 6) is 0.667. The summed E-state index contributed by atoms with van der Waals surface area (Å²) >= 11 is 1.46. The standard InChI is InChI=1S/C25H27N3O5S/c1-32-18-10-7-16(8-11-18)14-28-23(30)19-5-3-4-6-20(19)24(28)34-15-22(29)27-21-12-9-17(13-26-21)25(31)33-2/h7-13,24H,3-6,14-15H2,1-2H3,(H,26,27,29). The minimum absolute atomic E-state index is 0.0727. The van der Waals surface area contributed by atoms with Crippen molar-refractivity contribution in [1.29, 1.82) is 0 Å². The van der Waals surface area contributed by atoms with Gasteiger partial charge in [0.15, 0.2) is 0 Å². The number of nitrogens with one attached hydrogen (secondary N) is 1. The van der Waals surface area contributed by atoms with Crippen LogP contribution in [-0.4, -0.2) is 53.0 Å². The van der Waals surface area contributed by atoms with Crippen LogP contribution < -0.4 is 10.1 Å². The first-order valence-corrected chi connectivity index (χ1v) is 12.2. The molecule has 1 aromatic carbocycles. The van der Waals surface area contributed by atoms with Crippen LogP contribution in [0.5, 0.6) is 5.75 Å². The van der Waals surface area contributed by atoms with E-state index in [1.807, 2.05) is 29.2 Å². The van der Waals surface area contributed by atoms with Gasteiger partial charge in [0.05, 0.1) is 25.5 Å². The third-order valence-electron chi connectivity index (χ3n) is 5.95. The molecule has 178 valence electrons. The van der Waals surface area contributed by atoms with Crippen LogP contribution in [0.1, 0.15) is 41.6 Å². The summed E-state index contributed by atoms with van der Waals surface area (Å²) in [5, 5.41) is 2.59. The molecule has 2 aliphatic rings. The van der Waals surface area contributed by atoms with Gasteiger partial charge in [0.25, 0.3) is 5.91 Å². The van der Waals surface area contributed by atoms with Crippen molar-refractivity contribution in [3.05, 3.63) is 64.9 Å². The molecule has 0 fully saturated rings. The molecule has 0 saturated heterocycles. The van der Waals surface area contributed by atoms with Gasteiger partial charge in [-0.05, 0) is 61.1 Å². The maximum Gasteiger partial charge on any atom is 0.339 e. The predicted molar refractivity (Wildman–Crippen MR) is 129 cm³/mol. The van der Waals surface area contributed by atoms with Gasteiger partial charge in [-0.15, -0.1) is 11.8 Å². The molecule has 1 aliphatic carbocycles. The number of nitrogens with zero attached hydrogens (tertiary/aromatic N) is 2. The molecule has 34 heavy (non-hydrogen) atoms. The van der Waals surface area contributed by atoms with E-state index in [9.17, 15) is 14.4 Å². The van der Waals surface area contributed by atoms with Crippen LogP contribution in [0.15, 0.2) is 53.7 Å². The number of esters is 1. The molecule has 1 unspecified atom stereocenters. The normalized spacial score (nSPS) is 17.4. The van der Waals surface area contributed by atoms with E-state index in [0.717, 1.165) is 48.1 Å². The number of benzene rings is 1. The Morgan fingerprint density at radius 2 is 1.88 bits per heavy atom. The summed E-state index contributed by atoms with van der Waals surface area (Å²) in [6.07, 6.45) is 5.12. The zero-order valence-electron chi connectivity index (χ0n) is 19.2. The first-order chi connectivity index (χ1) is 16.5. The smallest absolute Gasteiger partial charge is 0.339 e. The van der Waals surface area contributed by atoms with E-state index in [1.165, 1.54) is 25.1 Å². The zero-order valence-corrected chi connectivity index (χ0v) is 20.0. The Bertz CT molecular complexity index is 1100. The molecule has 0 bridgehead atoms. The average Bonchev–Trinajstić information content (AvgIpc) is 3.14. The molecule has 1 N–H and O–H groups in total. The highest BCUT2D eigenvalue weighted by Gasteiger charge is 2.40. The second kappa shape index (κ2) is 10.7. The number of carbonyl (C=O) groups excluding carboxylic acids is 3. The molecule has 9 heteroatoms. The lowest BCUT2D eigenvalue weighted by atomic mass is 9.94. The van der Waals surface area contributed by atoms with Crippen LogP contribution in [0.4, 0.5) is 5.82 Å². The first kappa shape index (κ1) is 23.8. The number of ether oxygens (including phenoxy) is 2. The van der Waals surface area contributed by atoms with Gasteiger partial charge in [-0.25, -0.2) is 9.78 Å². The lowest BCUT2D eigenvalue weighted by molar-refractivity contribution is -0.126. The van der Waals surface area contributed by atoms with E-state index in [1.54, 1.807) is 19.2 Å². The van der Waals surface area contributed by atoms with Crippen LogP contribution in [0, 0.1) is 0 Å². The number of thioether (sulfide) groups is 1. The number of rotatable bonds is 8. The summed E-state index contributed by atoms with van der Waals surface area (Å²) in [5.41, 5.74) is 3.39. The Morgan fingerprint density at radius 1 is 1.12 bits per heavy atom. The van der Waals surface area contributed by atoms with Crippen LogP contribution in [0.3, 0.4) is 0 Å². The Morgan fingerprint density at radius 3 is 2.56 bits per heavy atom. The SMILES string of the molecule is COC(=O)c1ccc(NC(=O)CSC2C3=C(CCCC3)C(=O)N2Cc2ccc(OC)cc2)nc1. The first-order valence-electron chi connectivity index (χ1n) is 11.1. The number of hydrogen-bond donors (Lipinski definition) is 1. The Kier molecular flexibility index (Phi) is 7.52. The Hall–Kier alpha value is -3.33. The molecular formula is C25H27N3O5S. The van der Waals surface area contributed by atoms with Gasteiger partial charge in [-0.3, -0.25) is 9.59 Å². The molecule has 1 atom stereocenters. The number of carbonyl (C=O) groups is 3. The monoisotopic (exact) mass is 481 g/mol. The maximum absolute atomic E-state index is 13.2. The van der Waals surface area contributed by atoms with Gasteiger partial charge in [0, 0.05) is 18.3 Å². The molecule has 2 amide bonds. The van der Waals surface area contributed by atoms with Crippen molar-refractivity contribution in [3.63, 3.8) is 0 Å². The lowest BCUT2D eigenvalue weighted by Gasteiger charge is -2.27. The maximum atomic E-state index is 13.2. The predicted octanol–water partition coefficient (Wildman–Crippen LogP) is 3.79. The lowest BCUT2D eigenvalue weighted by Crippen LogP contribution is -2.34. The summed E-state index contributed by atoms with van der Waals surface area (Å²) < 4.78 is 9.89. The summed E-state index contributed by atoms with van der Waals surface area (Å²) in [6, 6.07) is 10.8. The van der Waals surface area contributed by atoms with Crippen molar-refractivity contribution < 1.29 is 23.9 Å². The van der Waals surface area contributed by atoms with Crippen molar-refractivity contribution in [2.24, 2.45) is 0 Å². The highest BCUT2D eigenvalue weighted by molar-refractivity contribution is 8.00. The second-order valence-corrected chi connectivity index (χ2v) is 9.20. The molecule has 2 aromatic rings. The van der Waals surface area contributed by atoms with Crippen LogP contribution in [0.25, 0.3) is 0 Å². The van der Waals surface area contributed by atoms with Crippen LogP contribution in [-0.2, 0) is 20.9 Å². The van der Waals surface area contributed by atoms with Crippen molar-refractivity contribution >= 4 is 35.4 Å². The summed E-state index contributed by atoms with van der Waals surface area (Å²) in [6.45, 7) is 0.478. The van der Waals surface area contributed by atoms with Gasteiger partial charge in [-0.1, -0.05) is 12.1 Å². The zero-order chi connectivity index (χ0) is 24.1. The molecule has 4 rings (SSSR count). The number of hydrogen-bond acceptors (Lipinski definition) is 7. The minimum atomic E-state index is -0.486. The highest BCUT2D eigenvalue weighted by atomic mass is 32.2. The molecule has 1 aromatic heterocycles. The van der Waals surface area contributed by atoms with Crippen molar-refractivity contribution in [1.82, 2.24) is 9.88 Å². The fourth-order valence-corrected chi connectivity index (χ4v) is 5.42. The van der Waals surface area contributed by atoms with Gasteiger partial charge >= 0.3 is 5.97 Å². The quantitative estimate of drug-likeness (QED) is 0.573. The Labute approximate surface area is 202 Å². The van der Waals surface area contributed by atoms with Crippen molar-refractivity contribution in [3.8, 4) is 5.75 Å². The van der Waals surface area contributed by atoms with Crippen molar-refractivity contribution in [2.45, 2.75) is 37.6 Å². The third kappa shape index (κ3) is 5.25. The molecule has 0 spiro atoms. The molecular weight excluding hydrogens is 454 g/mol. The van der Waals surface area contributed by atoms with E-state index < -0.39 is 5.97 Å². The number of pyridine rings is 1. The summed E-state index contributed by atoms with van der Waals surface area (Å²) in [7, 11) is 2.92. The Balaban J connectivity index is 1.42. The molecule has 0 saturated carbocycles. The number of aromatic nitrogens is 1. The second-order valence-electron chi connectivity index (χ2n) is 8.13. The topological polar surface area (TPSA) is 97.8 Å². The van der Waals surface area contributed by atoms with E-state index >= 15 is 0 Å². The fraction of sp³-hybridized carbons (Fsp3) is 0.360. The largest absolute Gasteiger partial charge is 0.497 e. The van der Waals surface area contributed by atoms with E-state index in [-0.39, 0.29) is 22.9 Å². The van der Waals surface area contributed by atoms with Crippen molar-refractivity contribution in [2.75, 3.05) is 25.3 Å². The molecule has 0 radical (unpaired) electrons. The third-order valence-corrected chi connectivity index (χ3v) is 7.23. The van der Waals surface area contributed by atoms with Gasteiger partial charge in [0.2, 0.25) is 5.91 Å². The molecule has 8 nitrogen and oxygen atoms in total. The minimum Gasteiger partial charge on any atom is -0.497 e. The van der Waals surface area contributed by atoms with Gasteiger partial charge in [0.1, 0.15) is 16.9 Å². The van der Waals surface area contributed by atoms with Gasteiger partial charge in [-0.2, -0.15) is 0 Å². The summed E-state index contributed by atoms with van der Waals surface area (Å²) in [4.78, 5) is 43.3. The number of methoxy groups -OCH3 is 2. The van der Waals surface area contributed by atoms with Crippen LogP contribution >= 0.6 is 11.8 Å². The van der Waals surface area contributed by atoms with Gasteiger partial charge < -0.3 is 19.7 Å².